The van der Waals surface area contributed by atoms with Crippen molar-refractivity contribution in [2.45, 2.75) is 6.54 Å². The summed E-state index contributed by atoms with van der Waals surface area (Å²) in [6.07, 6.45) is 0. The van der Waals surface area contributed by atoms with Gasteiger partial charge < -0.3 is 20.5 Å². The quantitative estimate of drug-likeness (QED) is 0.579. The molecule has 0 saturated heterocycles. The molecule has 8 nitrogen and oxygen atoms in total. The molecule has 0 unspecified atom stereocenters. The summed E-state index contributed by atoms with van der Waals surface area (Å²) in [5, 5.41) is 25.2. The Kier molecular flexibility index (Phi) is 4.98. The van der Waals surface area contributed by atoms with Gasteiger partial charge in [0.25, 0.3) is 5.69 Å². The molecule has 0 radical (unpaired) electrons. The molecule has 0 atom stereocenters. The van der Waals surface area contributed by atoms with Crippen LogP contribution in [-0.2, 0) is 6.54 Å². The fourth-order valence-electron chi connectivity index (χ4n) is 1.86. The lowest BCUT2D eigenvalue weighted by molar-refractivity contribution is -0.384. The highest BCUT2D eigenvalue weighted by Crippen LogP contribution is 2.26. The molecule has 0 saturated carbocycles. The van der Waals surface area contributed by atoms with Crippen molar-refractivity contribution in [3.8, 4) is 11.5 Å². The van der Waals surface area contributed by atoms with E-state index in [-0.39, 0.29) is 18.0 Å². The van der Waals surface area contributed by atoms with E-state index >= 15 is 0 Å². The standard InChI is InChI=1S/C15H15N3O5/c1-23-14-8-10(2-7-13(14)19)9-16-15(20)17-11-3-5-12(6-4-11)18(21)22/h2-8,19H,9H2,1H3,(H2,16,17,20). The molecule has 8 heteroatoms. The average Bonchev–Trinajstić information content (AvgIpc) is 2.54. The van der Waals surface area contributed by atoms with Gasteiger partial charge in [-0.25, -0.2) is 4.79 Å². The van der Waals surface area contributed by atoms with Gasteiger partial charge in [-0.1, -0.05) is 6.07 Å². The highest BCUT2D eigenvalue weighted by atomic mass is 16.6. The maximum absolute atomic E-state index is 11.8. The maximum Gasteiger partial charge on any atom is 0.319 e. The van der Waals surface area contributed by atoms with E-state index in [9.17, 15) is 20.0 Å². The topological polar surface area (TPSA) is 114 Å². The summed E-state index contributed by atoms with van der Waals surface area (Å²) in [6.45, 7) is 0.232. The summed E-state index contributed by atoms with van der Waals surface area (Å²) in [6, 6.07) is 9.80. The van der Waals surface area contributed by atoms with Crippen molar-refractivity contribution in [1.29, 1.82) is 0 Å². The number of rotatable bonds is 5. The van der Waals surface area contributed by atoms with E-state index in [0.29, 0.717) is 11.4 Å². The first kappa shape index (κ1) is 16.1. The lowest BCUT2D eigenvalue weighted by Crippen LogP contribution is -2.28. The number of non-ortho nitro benzene ring substituents is 1. The number of amides is 2. The summed E-state index contributed by atoms with van der Waals surface area (Å²) in [5.74, 6) is 0.339. The van der Waals surface area contributed by atoms with Gasteiger partial charge in [-0.2, -0.15) is 0 Å². The van der Waals surface area contributed by atoms with E-state index in [4.69, 9.17) is 4.74 Å². The van der Waals surface area contributed by atoms with Crippen molar-refractivity contribution in [2.24, 2.45) is 0 Å². The number of ether oxygens (including phenoxy) is 1. The van der Waals surface area contributed by atoms with Gasteiger partial charge in [0, 0.05) is 24.4 Å². The van der Waals surface area contributed by atoms with Gasteiger partial charge in [0.2, 0.25) is 0 Å². The number of methoxy groups -OCH3 is 1. The van der Waals surface area contributed by atoms with Crippen LogP contribution in [0.2, 0.25) is 0 Å². The van der Waals surface area contributed by atoms with Crippen LogP contribution in [0.25, 0.3) is 0 Å². The van der Waals surface area contributed by atoms with E-state index in [0.717, 1.165) is 5.56 Å². The van der Waals surface area contributed by atoms with Crippen LogP contribution < -0.4 is 15.4 Å². The molecule has 0 aromatic heterocycles. The van der Waals surface area contributed by atoms with Crippen molar-refractivity contribution in [3.63, 3.8) is 0 Å². The molecule has 0 aliphatic rings. The third-order valence-electron chi connectivity index (χ3n) is 3.03. The first-order valence-corrected chi connectivity index (χ1v) is 6.65. The Balaban J connectivity index is 1.91. The molecule has 2 aromatic rings. The Morgan fingerprint density at radius 1 is 1.26 bits per heavy atom. The number of aromatic hydroxyl groups is 1. The Labute approximate surface area is 131 Å². The molecule has 0 fully saturated rings. The molecule has 2 rings (SSSR count). The number of nitrogens with zero attached hydrogens (tertiary/aromatic N) is 1. The number of benzene rings is 2. The van der Waals surface area contributed by atoms with E-state index in [1.807, 2.05) is 0 Å². The van der Waals surface area contributed by atoms with Gasteiger partial charge in [-0.05, 0) is 29.8 Å². The first-order valence-electron chi connectivity index (χ1n) is 6.65. The molecule has 120 valence electrons. The van der Waals surface area contributed by atoms with Crippen LogP contribution in [0.3, 0.4) is 0 Å². The molecule has 0 aliphatic carbocycles. The molecule has 0 heterocycles. The summed E-state index contributed by atoms with van der Waals surface area (Å²) in [7, 11) is 1.44. The molecule has 0 aliphatic heterocycles. The fraction of sp³-hybridized carbons (Fsp3) is 0.133. The van der Waals surface area contributed by atoms with Crippen LogP contribution in [0.4, 0.5) is 16.2 Å². The molecular weight excluding hydrogens is 302 g/mol. The van der Waals surface area contributed by atoms with Crippen molar-refractivity contribution in [2.75, 3.05) is 12.4 Å². The predicted molar refractivity (Wildman–Crippen MR) is 83.6 cm³/mol. The minimum atomic E-state index is -0.512. The highest BCUT2D eigenvalue weighted by Gasteiger charge is 2.07. The minimum absolute atomic E-state index is 0.0200. The molecule has 3 N–H and O–H groups in total. The van der Waals surface area contributed by atoms with Crippen LogP contribution in [0.1, 0.15) is 5.56 Å². The summed E-state index contributed by atoms with van der Waals surface area (Å²) >= 11 is 0. The third kappa shape index (κ3) is 4.34. The zero-order valence-corrected chi connectivity index (χ0v) is 12.3. The van der Waals surface area contributed by atoms with Gasteiger partial charge in [0.1, 0.15) is 0 Å². The van der Waals surface area contributed by atoms with E-state index in [1.54, 1.807) is 12.1 Å². The second-order valence-corrected chi connectivity index (χ2v) is 4.62. The van der Waals surface area contributed by atoms with Crippen LogP contribution in [0, 0.1) is 10.1 Å². The number of anilines is 1. The molecule has 0 spiro atoms. The molecule has 2 amide bonds. The number of carbonyl (C=O) groups is 1. The smallest absolute Gasteiger partial charge is 0.319 e. The van der Waals surface area contributed by atoms with Crippen LogP contribution >= 0.6 is 0 Å². The number of hydrogen-bond acceptors (Lipinski definition) is 5. The van der Waals surface area contributed by atoms with E-state index in [1.165, 1.54) is 37.4 Å². The van der Waals surface area contributed by atoms with Gasteiger partial charge in [0.15, 0.2) is 11.5 Å². The SMILES string of the molecule is COc1cc(CNC(=O)Nc2ccc([N+](=O)[O-])cc2)ccc1O. The number of nitro groups is 1. The number of phenolic OH excluding ortho intramolecular Hbond substituents is 1. The normalized spacial score (nSPS) is 9.96. The number of urea groups is 1. The summed E-state index contributed by atoms with van der Waals surface area (Å²) < 4.78 is 4.99. The lowest BCUT2D eigenvalue weighted by atomic mass is 10.2. The minimum Gasteiger partial charge on any atom is -0.504 e. The zero-order valence-electron chi connectivity index (χ0n) is 12.3. The molecule has 2 aromatic carbocycles. The number of hydrogen-bond donors (Lipinski definition) is 3. The number of nitro benzene ring substituents is 1. The Morgan fingerprint density at radius 2 is 1.96 bits per heavy atom. The first-order chi connectivity index (χ1) is 11.0. The van der Waals surface area contributed by atoms with Gasteiger partial charge >= 0.3 is 6.03 Å². The van der Waals surface area contributed by atoms with E-state index < -0.39 is 11.0 Å². The van der Waals surface area contributed by atoms with Crippen LogP contribution in [-0.4, -0.2) is 23.2 Å². The lowest BCUT2D eigenvalue weighted by Gasteiger charge is -2.09. The Bertz CT molecular complexity index is 716. The Hall–Kier alpha value is -3.29. The van der Waals surface area contributed by atoms with Crippen molar-refractivity contribution < 1.29 is 19.6 Å². The predicted octanol–water partition coefficient (Wildman–Crippen LogP) is 2.63. The second-order valence-electron chi connectivity index (χ2n) is 4.62. The van der Waals surface area contributed by atoms with Crippen molar-refractivity contribution in [3.05, 3.63) is 58.1 Å². The molecule has 0 bridgehead atoms. The fourth-order valence-corrected chi connectivity index (χ4v) is 1.86. The third-order valence-corrected chi connectivity index (χ3v) is 3.03. The van der Waals surface area contributed by atoms with Crippen LogP contribution in [0.5, 0.6) is 11.5 Å². The summed E-state index contributed by atoms with van der Waals surface area (Å²) in [4.78, 5) is 21.8. The van der Waals surface area contributed by atoms with Crippen molar-refractivity contribution >= 4 is 17.4 Å². The van der Waals surface area contributed by atoms with E-state index in [2.05, 4.69) is 10.6 Å². The highest BCUT2D eigenvalue weighted by molar-refractivity contribution is 5.89. The molecule has 23 heavy (non-hydrogen) atoms. The van der Waals surface area contributed by atoms with Crippen molar-refractivity contribution in [1.82, 2.24) is 5.32 Å². The number of phenols is 1. The van der Waals surface area contributed by atoms with Gasteiger partial charge in [-0.15, -0.1) is 0 Å². The largest absolute Gasteiger partial charge is 0.504 e. The van der Waals surface area contributed by atoms with Gasteiger partial charge in [-0.3, -0.25) is 10.1 Å². The van der Waals surface area contributed by atoms with Crippen LogP contribution in [0.15, 0.2) is 42.5 Å². The monoisotopic (exact) mass is 317 g/mol. The van der Waals surface area contributed by atoms with Gasteiger partial charge in [0.05, 0.1) is 12.0 Å². The number of carbonyl (C=O) groups excluding carboxylic acids is 1. The maximum atomic E-state index is 11.8. The number of nitrogens with one attached hydrogen (secondary N) is 2. The summed E-state index contributed by atoms with van der Waals surface area (Å²) in [5.41, 5.74) is 1.14. The average molecular weight is 317 g/mol. The zero-order chi connectivity index (χ0) is 16.8. The second kappa shape index (κ2) is 7.12. The molecular formula is C15H15N3O5. The Morgan fingerprint density at radius 3 is 2.57 bits per heavy atom.